The lowest BCUT2D eigenvalue weighted by Gasteiger charge is -2.25. The lowest BCUT2D eigenvalue weighted by atomic mass is 10.0. The van der Waals surface area contributed by atoms with Crippen LogP contribution >= 0.6 is 23.1 Å². The van der Waals surface area contributed by atoms with Gasteiger partial charge in [-0.25, -0.2) is 8.42 Å². The molecule has 0 radical (unpaired) electrons. The van der Waals surface area contributed by atoms with Gasteiger partial charge in [-0.3, -0.25) is 0 Å². The highest BCUT2D eigenvalue weighted by atomic mass is 32.2. The second kappa shape index (κ2) is 8.95. The Hall–Kier alpha value is -1.74. The van der Waals surface area contributed by atoms with Gasteiger partial charge in [0.05, 0.1) is 11.4 Å². The Labute approximate surface area is 181 Å². The Bertz CT molecular complexity index is 1080. The molecule has 29 heavy (non-hydrogen) atoms. The van der Waals surface area contributed by atoms with Gasteiger partial charge in [-0.05, 0) is 61.8 Å². The van der Waals surface area contributed by atoms with Crippen molar-refractivity contribution < 1.29 is 8.42 Å². The molecule has 0 aliphatic carbocycles. The van der Waals surface area contributed by atoms with Crippen molar-refractivity contribution in [2.45, 2.75) is 50.0 Å². The van der Waals surface area contributed by atoms with E-state index >= 15 is 0 Å². The van der Waals surface area contributed by atoms with Crippen LogP contribution in [0.15, 0.2) is 45.6 Å². The number of hydrogen-bond acceptors (Lipinski definition) is 6. The van der Waals surface area contributed by atoms with Gasteiger partial charge in [0.2, 0.25) is 10.0 Å². The van der Waals surface area contributed by atoms with Crippen LogP contribution in [-0.4, -0.2) is 29.2 Å². The van der Waals surface area contributed by atoms with Gasteiger partial charge in [-0.1, -0.05) is 59.5 Å². The monoisotopic (exact) mass is 447 g/mol. The summed E-state index contributed by atoms with van der Waals surface area (Å²) in [5, 5.41) is 9.01. The van der Waals surface area contributed by atoms with Crippen molar-refractivity contribution in [3.63, 3.8) is 0 Å². The molecule has 5 nitrogen and oxygen atoms in total. The van der Waals surface area contributed by atoms with E-state index in [4.69, 9.17) is 0 Å². The third kappa shape index (κ3) is 4.71. The minimum absolute atomic E-state index is 0.196. The molecule has 3 aromatic rings. The smallest absolute Gasteiger partial charge is 0.207 e. The first-order valence-corrected chi connectivity index (χ1v) is 12.7. The Morgan fingerprint density at radius 3 is 2.14 bits per heavy atom. The molecule has 1 aromatic heterocycles. The fourth-order valence-corrected chi connectivity index (χ4v) is 6.62. The molecule has 154 valence electrons. The van der Waals surface area contributed by atoms with Gasteiger partial charge < -0.3 is 0 Å². The average Bonchev–Trinajstić information content (AvgIpc) is 3.14. The summed E-state index contributed by atoms with van der Waals surface area (Å²) < 4.78 is 30.0. The summed E-state index contributed by atoms with van der Waals surface area (Å²) in [4.78, 5) is 0.403. The van der Waals surface area contributed by atoms with Gasteiger partial charge in [-0.15, -0.1) is 10.2 Å². The number of aromatic nitrogens is 2. The van der Waals surface area contributed by atoms with E-state index in [1.807, 2.05) is 70.3 Å². The molecular weight excluding hydrogens is 422 g/mol. The van der Waals surface area contributed by atoms with Crippen LogP contribution in [0.4, 0.5) is 0 Å². The van der Waals surface area contributed by atoms with Crippen LogP contribution in [0, 0.1) is 27.7 Å². The van der Waals surface area contributed by atoms with Crippen LogP contribution in [0.5, 0.6) is 0 Å². The largest absolute Gasteiger partial charge is 0.244 e. The number of thioether (sulfide) groups is 1. The predicted molar refractivity (Wildman–Crippen MR) is 120 cm³/mol. The molecule has 0 amide bonds. The topological polar surface area (TPSA) is 63.2 Å². The molecule has 1 heterocycles. The summed E-state index contributed by atoms with van der Waals surface area (Å²) in [5.41, 5.74) is 4.49. The van der Waals surface area contributed by atoms with E-state index in [9.17, 15) is 8.42 Å². The first-order valence-electron chi connectivity index (χ1n) is 9.22. The summed E-state index contributed by atoms with van der Waals surface area (Å²) in [6.07, 6.45) is 1.94. The minimum atomic E-state index is -3.74. The van der Waals surface area contributed by atoms with Crippen molar-refractivity contribution in [2.24, 2.45) is 0 Å². The number of hydrogen-bond donors (Lipinski definition) is 0. The first kappa shape index (κ1) is 22.0. The number of sulfonamides is 1. The fourth-order valence-electron chi connectivity index (χ4n) is 3.25. The van der Waals surface area contributed by atoms with Gasteiger partial charge in [0.15, 0.2) is 4.34 Å². The van der Waals surface area contributed by atoms with E-state index in [0.717, 1.165) is 32.2 Å². The maximum absolute atomic E-state index is 13.8. The van der Waals surface area contributed by atoms with Crippen LogP contribution in [-0.2, 0) is 23.1 Å². The van der Waals surface area contributed by atoms with Crippen molar-refractivity contribution in [3.05, 3.63) is 69.2 Å². The van der Waals surface area contributed by atoms with E-state index < -0.39 is 10.0 Å². The molecule has 0 N–H and O–H groups in total. The number of benzene rings is 2. The lowest BCUT2D eigenvalue weighted by Crippen LogP contribution is -2.31. The number of aryl methyl sites for hydroxylation is 2. The Balaban J connectivity index is 2.09. The molecule has 0 aliphatic heterocycles. The van der Waals surface area contributed by atoms with E-state index in [1.165, 1.54) is 27.4 Å². The van der Waals surface area contributed by atoms with E-state index in [0.29, 0.717) is 9.90 Å². The third-order valence-corrected chi connectivity index (χ3v) is 8.98. The Morgan fingerprint density at radius 1 is 0.966 bits per heavy atom. The fraction of sp³-hybridized carbons (Fsp3) is 0.333. The maximum atomic E-state index is 13.8. The van der Waals surface area contributed by atoms with Gasteiger partial charge >= 0.3 is 0 Å². The molecule has 0 saturated carbocycles. The Kier molecular flexibility index (Phi) is 6.78. The second-order valence-electron chi connectivity index (χ2n) is 7.01. The zero-order chi connectivity index (χ0) is 21.2. The van der Waals surface area contributed by atoms with Crippen LogP contribution in [0.3, 0.4) is 0 Å². The maximum Gasteiger partial charge on any atom is 0.244 e. The molecule has 0 saturated heterocycles. The summed E-state index contributed by atoms with van der Waals surface area (Å²) in [7, 11) is -3.74. The van der Waals surface area contributed by atoms with Gasteiger partial charge in [-0.2, -0.15) is 4.31 Å². The molecule has 8 heteroatoms. The van der Waals surface area contributed by atoms with Crippen molar-refractivity contribution >= 4 is 33.1 Å². The molecule has 0 aliphatic rings. The Morgan fingerprint density at radius 2 is 1.59 bits per heavy atom. The SMILES string of the molecule is CSc1nnc(CN(Cc2ccccc2)S(=O)(=O)c2c(C)c(C)cc(C)c2C)s1. The van der Waals surface area contributed by atoms with Gasteiger partial charge in [0.1, 0.15) is 5.01 Å². The zero-order valence-corrected chi connectivity index (χ0v) is 19.7. The van der Waals surface area contributed by atoms with Gasteiger partial charge in [0, 0.05) is 6.54 Å². The van der Waals surface area contributed by atoms with Crippen molar-refractivity contribution in [1.82, 2.24) is 14.5 Å². The molecule has 3 rings (SSSR count). The summed E-state index contributed by atoms with van der Waals surface area (Å²) in [5.74, 6) is 0. The van der Waals surface area contributed by atoms with Gasteiger partial charge in [0.25, 0.3) is 0 Å². The molecule has 0 atom stereocenters. The first-order chi connectivity index (χ1) is 13.7. The minimum Gasteiger partial charge on any atom is -0.207 e. The summed E-state index contributed by atoms with van der Waals surface area (Å²) >= 11 is 2.94. The highest BCUT2D eigenvalue weighted by Gasteiger charge is 2.30. The van der Waals surface area contributed by atoms with Crippen LogP contribution < -0.4 is 0 Å². The molecule has 0 fully saturated rings. The highest BCUT2D eigenvalue weighted by Crippen LogP contribution is 2.31. The molecule has 0 bridgehead atoms. The summed E-state index contributed by atoms with van der Waals surface area (Å²) in [6.45, 7) is 8.15. The van der Waals surface area contributed by atoms with E-state index in [1.54, 1.807) is 0 Å². The van der Waals surface area contributed by atoms with Crippen molar-refractivity contribution in [2.75, 3.05) is 6.26 Å². The normalized spacial score (nSPS) is 11.9. The highest BCUT2D eigenvalue weighted by molar-refractivity contribution is 8.00. The summed E-state index contributed by atoms with van der Waals surface area (Å²) in [6, 6.07) is 11.7. The molecular formula is C21H25N3O2S3. The van der Waals surface area contributed by atoms with Crippen LogP contribution in [0.25, 0.3) is 0 Å². The standard InChI is InChI=1S/C21H25N3O2S3/c1-14-11-15(2)17(4)20(16(14)3)29(25,26)24(12-18-9-7-6-8-10-18)13-19-22-23-21(27-5)28-19/h6-11H,12-13H2,1-5H3. The van der Waals surface area contributed by atoms with E-state index in [-0.39, 0.29) is 13.1 Å². The molecule has 0 spiro atoms. The van der Waals surface area contributed by atoms with Crippen LogP contribution in [0.2, 0.25) is 0 Å². The lowest BCUT2D eigenvalue weighted by molar-refractivity contribution is 0.398. The van der Waals surface area contributed by atoms with Crippen molar-refractivity contribution in [1.29, 1.82) is 0 Å². The second-order valence-corrected chi connectivity index (χ2v) is 11.0. The third-order valence-electron chi connectivity index (χ3n) is 5.03. The quantitative estimate of drug-likeness (QED) is 0.483. The number of nitrogens with zero attached hydrogens (tertiary/aromatic N) is 3. The number of rotatable bonds is 7. The van der Waals surface area contributed by atoms with Crippen molar-refractivity contribution in [3.8, 4) is 0 Å². The molecule has 2 aromatic carbocycles. The van der Waals surface area contributed by atoms with Crippen LogP contribution in [0.1, 0.15) is 32.8 Å². The van der Waals surface area contributed by atoms with E-state index in [2.05, 4.69) is 10.2 Å². The predicted octanol–water partition coefficient (Wildman–Crippen LogP) is 4.88. The molecule has 0 unspecified atom stereocenters. The zero-order valence-electron chi connectivity index (χ0n) is 17.3. The average molecular weight is 448 g/mol.